The van der Waals surface area contributed by atoms with Gasteiger partial charge in [-0.25, -0.2) is 4.79 Å². The van der Waals surface area contributed by atoms with Crippen LogP contribution < -0.4 is 20.1 Å². The van der Waals surface area contributed by atoms with Crippen LogP contribution in [0.3, 0.4) is 0 Å². The molecule has 7 heteroatoms. The smallest absolute Gasteiger partial charge is 0.319 e. The molecule has 0 aliphatic rings. The fourth-order valence-electron chi connectivity index (χ4n) is 2.19. The first kappa shape index (κ1) is 18.5. The van der Waals surface area contributed by atoms with Gasteiger partial charge in [-0.15, -0.1) is 0 Å². The normalized spacial score (nSPS) is 11.5. The molecule has 0 radical (unpaired) electrons. The molecule has 2 amide bonds. The van der Waals surface area contributed by atoms with Crippen LogP contribution in [0.2, 0.25) is 0 Å². The molecule has 0 aliphatic carbocycles. The largest absolute Gasteiger partial charge is 0.493 e. The van der Waals surface area contributed by atoms with E-state index < -0.39 is 0 Å². The summed E-state index contributed by atoms with van der Waals surface area (Å²) < 4.78 is 15.9. The third-order valence-electron chi connectivity index (χ3n) is 3.52. The van der Waals surface area contributed by atoms with Crippen molar-refractivity contribution in [1.29, 1.82) is 0 Å². The maximum atomic E-state index is 12.1. The lowest BCUT2D eigenvalue weighted by Crippen LogP contribution is -2.31. The summed E-state index contributed by atoms with van der Waals surface area (Å²) in [5.41, 5.74) is 1.58. The molecule has 1 aromatic heterocycles. The second-order valence-corrected chi connectivity index (χ2v) is 5.31. The predicted octanol–water partition coefficient (Wildman–Crippen LogP) is 3.00. The number of methoxy groups -OCH3 is 2. The van der Waals surface area contributed by atoms with Gasteiger partial charge in [0.15, 0.2) is 11.5 Å². The number of hydrogen-bond donors (Lipinski definition) is 2. The molecule has 2 rings (SSSR count). The van der Waals surface area contributed by atoms with Gasteiger partial charge in [0.05, 0.1) is 19.8 Å². The Morgan fingerprint density at radius 3 is 2.56 bits per heavy atom. The third-order valence-corrected chi connectivity index (χ3v) is 3.52. The number of pyridine rings is 1. The van der Waals surface area contributed by atoms with Gasteiger partial charge in [-0.1, -0.05) is 6.07 Å². The topological polar surface area (TPSA) is 81.7 Å². The monoisotopic (exact) mass is 345 g/mol. The molecule has 7 nitrogen and oxygen atoms in total. The van der Waals surface area contributed by atoms with Crippen LogP contribution in [-0.2, 0) is 4.74 Å². The van der Waals surface area contributed by atoms with Crippen LogP contribution in [0.4, 0.5) is 10.5 Å². The number of urea groups is 1. The van der Waals surface area contributed by atoms with Gasteiger partial charge < -0.3 is 24.8 Å². The van der Waals surface area contributed by atoms with Gasteiger partial charge in [-0.3, -0.25) is 4.98 Å². The van der Waals surface area contributed by atoms with Crippen molar-refractivity contribution in [2.24, 2.45) is 0 Å². The first-order chi connectivity index (χ1) is 12.1. The Labute approximate surface area is 147 Å². The summed E-state index contributed by atoms with van der Waals surface area (Å²) in [6.45, 7) is 2.83. The molecule has 0 saturated carbocycles. The average Bonchev–Trinajstić information content (AvgIpc) is 2.62. The SMILES string of the molecule is COCCOc1ccc([C@H](C)NC(=O)Nc2ccncc2)cc1OC. The van der Waals surface area contributed by atoms with Gasteiger partial charge in [0.25, 0.3) is 0 Å². The van der Waals surface area contributed by atoms with E-state index in [-0.39, 0.29) is 12.1 Å². The van der Waals surface area contributed by atoms with E-state index in [1.165, 1.54) is 0 Å². The standard InChI is InChI=1S/C18H23N3O4/c1-13(20-18(22)21-15-6-8-19-9-7-15)14-4-5-16(17(12-14)24-3)25-11-10-23-2/h4-9,12-13H,10-11H2,1-3H3,(H2,19,20,21,22)/t13-/m0/s1. The minimum atomic E-state index is -0.293. The summed E-state index contributed by atoms with van der Waals surface area (Å²) >= 11 is 0. The Morgan fingerprint density at radius 1 is 1.12 bits per heavy atom. The van der Waals surface area contributed by atoms with E-state index >= 15 is 0 Å². The summed E-state index contributed by atoms with van der Waals surface area (Å²) in [6, 6.07) is 8.50. The lowest BCUT2D eigenvalue weighted by atomic mass is 10.1. The molecule has 1 atom stereocenters. The average molecular weight is 345 g/mol. The van der Waals surface area contributed by atoms with Crippen molar-refractivity contribution in [3.8, 4) is 11.5 Å². The number of nitrogens with one attached hydrogen (secondary N) is 2. The third kappa shape index (κ3) is 5.65. The van der Waals surface area contributed by atoms with Gasteiger partial charge in [0, 0.05) is 25.2 Å². The second kappa shape index (κ2) is 9.48. The van der Waals surface area contributed by atoms with E-state index in [2.05, 4.69) is 15.6 Å². The van der Waals surface area contributed by atoms with Gasteiger partial charge in [-0.05, 0) is 36.8 Å². The van der Waals surface area contributed by atoms with E-state index in [0.717, 1.165) is 5.56 Å². The summed E-state index contributed by atoms with van der Waals surface area (Å²) in [5.74, 6) is 1.24. The Morgan fingerprint density at radius 2 is 1.88 bits per heavy atom. The zero-order valence-corrected chi connectivity index (χ0v) is 14.6. The fourth-order valence-corrected chi connectivity index (χ4v) is 2.19. The summed E-state index contributed by atoms with van der Waals surface area (Å²) in [5, 5.41) is 5.64. The Hall–Kier alpha value is -2.80. The van der Waals surface area contributed by atoms with E-state index in [4.69, 9.17) is 14.2 Å². The Bertz CT molecular complexity index is 679. The van der Waals surface area contributed by atoms with Gasteiger partial charge in [0.2, 0.25) is 0 Å². The van der Waals surface area contributed by atoms with E-state index in [9.17, 15) is 4.79 Å². The van der Waals surface area contributed by atoms with Crippen molar-refractivity contribution in [2.45, 2.75) is 13.0 Å². The van der Waals surface area contributed by atoms with E-state index in [1.807, 2.05) is 25.1 Å². The van der Waals surface area contributed by atoms with Crippen molar-refractivity contribution >= 4 is 11.7 Å². The number of ether oxygens (including phenoxy) is 3. The number of anilines is 1. The molecule has 25 heavy (non-hydrogen) atoms. The first-order valence-electron chi connectivity index (χ1n) is 7.91. The molecule has 1 heterocycles. The highest BCUT2D eigenvalue weighted by atomic mass is 16.5. The maximum absolute atomic E-state index is 12.1. The molecule has 134 valence electrons. The lowest BCUT2D eigenvalue weighted by molar-refractivity contribution is 0.144. The molecule has 2 aromatic rings. The van der Waals surface area contributed by atoms with Crippen LogP contribution in [0.1, 0.15) is 18.5 Å². The minimum absolute atomic E-state index is 0.205. The molecular weight excluding hydrogens is 322 g/mol. The minimum Gasteiger partial charge on any atom is -0.493 e. The number of carbonyl (C=O) groups is 1. The summed E-state index contributed by atoms with van der Waals surface area (Å²) in [4.78, 5) is 16.0. The molecule has 0 aliphatic heterocycles. The molecule has 1 aromatic carbocycles. The molecule has 0 spiro atoms. The molecule has 0 fully saturated rings. The maximum Gasteiger partial charge on any atom is 0.319 e. The Kier molecular flexibility index (Phi) is 7.03. The van der Waals surface area contributed by atoms with Crippen LogP contribution in [0.15, 0.2) is 42.7 Å². The Balaban J connectivity index is 1.98. The quantitative estimate of drug-likeness (QED) is 0.719. The zero-order valence-electron chi connectivity index (χ0n) is 14.6. The zero-order chi connectivity index (χ0) is 18.1. The van der Waals surface area contributed by atoms with Crippen LogP contribution in [0.5, 0.6) is 11.5 Å². The predicted molar refractivity (Wildman–Crippen MR) is 95.2 cm³/mol. The van der Waals surface area contributed by atoms with Crippen molar-refractivity contribution in [3.63, 3.8) is 0 Å². The number of amides is 2. The summed E-state index contributed by atoms with van der Waals surface area (Å²) in [6.07, 6.45) is 3.23. The number of benzene rings is 1. The van der Waals surface area contributed by atoms with Crippen molar-refractivity contribution < 1.29 is 19.0 Å². The van der Waals surface area contributed by atoms with Crippen LogP contribution in [0.25, 0.3) is 0 Å². The van der Waals surface area contributed by atoms with Crippen molar-refractivity contribution in [3.05, 3.63) is 48.3 Å². The highest BCUT2D eigenvalue weighted by molar-refractivity contribution is 5.89. The second-order valence-electron chi connectivity index (χ2n) is 5.31. The number of aromatic nitrogens is 1. The molecule has 2 N–H and O–H groups in total. The van der Waals surface area contributed by atoms with Gasteiger partial charge in [0.1, 0.15) is 6.61 Å². The molecule has 0 saturated heterocycles. The van der Waals surface area contributed by atoms with Crippen LogP contribution >= 0.6 is 0 Å². The van der Waals surface area contributed by atoms with Gasteiger partial charge in [-0.2, -0.15) is 0 Å². The molecule has 0 bridgehead atoms. The molecule has 0 unspecified atom stereocenters. The fraction of sp³-hybridized carbons (Fsp3) is 0.333. The van der Waals surface area contributed by atoms with Crippen molar-refractivity contribution in [1.82, 2.24) is 10.3 Å². The molecular formula is C18H23N3O4. The van der Waals surface area contributed by atoms with Crippen LogP contribution in [-0.4, -0.2) is 38.4 Å². The van der Waals surface area contributed by atoms with E-state index in [1.54, 1.807) is 38.7 Å². The number of carbonyl (C=O) groups excluding carboxylic acids is 1. The first-order valence-corrected chi connectivity index (χ1v) is 7.91. The number of hydrogen-bond acceptors (Lipinski definition) is 5. The van der Waals surface area contributed by atoms with Crippen LogP contribution in [0, 0.1) is 0 Å². The highest BCUT2D eigenvalue weighted by Crippen LogP contribution is 2.30. The van der Waals surface area contributed by atoms with Gasteiger partial charge >= 0.3 is 6.03 Å². The van der Waals surface area contributed by atoms with E-state index in [0.29, 0.717) is 30.4 Å². The number of nitrogens with zero attached hydrogens (tertiary/aromatic N) is 1. The number of rotatable bonds is 8. The highest BCUT2D eigenvalue weighted by Gasteiger charge is 2.13. The lowest BCUT2D eigenvalue weighted by Gasteiger charge is -2.17. The summed E-state index contributed by atoms with van der Waals surface area (Å²) in [7, 11) is 3.20. The van der Waals surface area contributed by atoms with Crippen molar-refractivity contribution in [2.75, 3.05) is 32.8 Å².